The van der Waals surface area contributed by atoms with Gasteiger partial charge in [-0.2, -0.15) is 18.3 Å². The topological polar surface area (TPSA) is 150 Å². The average Bonchev–Trinajstić information content (AvgIpc) is 3.48. The van der Waals surface area contributed by atoms with Crippen LogP contribution in [0.3, 0.4) is 0 Å². The van der Waals surface area contributed by atoms with E-state index < -0.39 is 43.5 Å². The van der Waals surface area contributed by atoms with Gasteiger partial charge in [-0.15, -0.1) is 0 Å². The molecule has 1 aromatic carbocycles. The minimum Gasteiger partial charge on any atom is -0.354 e. The molecule has 0 spiro atoms. The molecule has 0 fully saturated rings. The Balaban J connectivity index is 1.71. The maximum Gasteiger partial charge on any atom is 0.471 e. The van der Waals surface area contributed by atoms with Gasteiger partial charge in [-0.3, -0.25) is 23.1 Å². The molecule has 3 aromatic rings. The third kappa shape index (κ3) is 6.34. The van der Waals surface area contributed by atoms with Crippen LogP contribution in [0.1, 0.15) is 48.4 Å². The molecule has 0 aliphatic carbocycles. The summed E-state index contributed by atoms with van der Waals surface area (Å²) in [4.78, 5) is 48.9. The van der Waals surface area contributed by atoms with Gasteiger partial charge in [0.1, 0.15) is 5.82 Å². The smallest absolute Gasteiger partial charge is 0.354 e. The molecule has 216 valence electrons. The predicted octanol–water partition coefficient (Wildman–Crippen LogP) is 3.00. The zero-order chi connectivity index (χ0) is 29.2. The molecule has 3 heterocycles. The van der Waals surface area contributed by atoms with E-state index in [1.165, 1.54) is 27.6 Å². The highest BCUT2D eigenvalue weighted by Gasteiger charge is 2.36. The summed E-state index contributed by atoms with van der Waals surface area (Å²) in [5, 5.41) is 4.24. The molecule has 0 saturated carbocycles. The van der Waals surface area contributed by atoms with Crippen molar-refractivity contribution in [2.45, 2.75) is 52.0 Å². The fraction of sp³-hybridized carbons (Fsp3) is 0.417. The molecule has 12 nitrogen and oxygen atoms in total. The van der Waals surface area contributed by atoms with Gasteiger partial charge in [-0.05, 0) is 31.0 Å². The first-order valence-corrected chi connectivity index (χ1v) is 13.8. The third-order valence-corrected chi connectivity index (χ3v) is 6.66. The van der Waals surface area contributed by atoms with Crippen molar-refractivity contribution in [2.75, 3.05) is 13.4 Å². The second-order valence-electron chi connectivity index (χ2n) is 9.00. The summed E-state index contributed by atoms with van der Waals surface area (Å²) >= 11 is 0. The van der Waals surface area contributed by atoms with Crippen LogP contribution in [-0.4, -0.2) is 47.8 Å². The Kier molecular flexibility index (Phi) is 8.61. The van der Waals surface area contributed by atoms with Crippen LogP contribution in [0.25, 0.3) is 0 Å². The Labute approximate surface area is 225 Å². The monoisotopic (exact) mass is 585 g/mol. The lowest BCUT2D eigenvalue weighted by Gasteiger charge is -2.17. The number of nitrogens with zero attached hydrogens (tertiary/aromatic N) is 5. The molecule has 0 bridgehead atoms. The summed E-state index contributed by atoms with van der Waals surface area (Å²) in [6.45, 7) is 2.90. The standard InChI is InChI=1S/C24H27F3N5O7P/c1-3-8-32-22(33)19-18(13-38-14-39-40(35,36)37)20(29-21(19)31(4-2)23(32)34)16-10-28-30(12-16)11-15-6-5-7-17(9-15)24(25,26)27/h5-7,9-10,12,18H,3-4,8,11,13-14H2,1-2H3,(H2,35,36,37). The van der Waals surface area contributed by atoms with Crippen LogP contribution in [0.5, 0.6) is 0 Å². The Bertz CT molecular complexity index is 1590. The minimum atomic E-state index is -4.81. The lowest BCUT2D eigenvalue weighted by molar-refractivity contribution is -0.137. The second-order valence-corrected chi connectivity index (χ2v) is 10.2. The van der Waals surface area contributed by atoms with Crippen molar-refractivity contribution in [1.29, 1.82) is 0 Å². The molecule has 0 amide bonds. The summed E-state index contributed by atoms with van der Waals surface area (Å²) in [5.74, 6) is -0.717. The molecule has 40 heavy (non-hydrogen) atoms. The fourth-order valence-corrected chi connectivity index (χ4v) is 4.70. The number of phosphoric acid groups is 1. The number of aliphatic imine (C=N–C) groups is 1. The molecule has 1 atom stereocenters. The zero-order valence-electron chi connectivity index (χ0n) is 21.5. The van der Waals surface area contributed by atoms with E-state index in [0.717, 1.165) is 16.7 Å². The van der Waals surface area contributed by atoms with Crippen molar-refractivity contribution in [3.05, 3.63) is 79.8 Å². The Morgan fingerprint density at radius 2 is 1.90 bits per heavy atom. The molecule has 0 saturated heterocycles. The maximum atomic E-state index is 13.4. The van der Waals surface area contributed by atoms with E-state index in [2.05, 4.69) is 14.6 Å². The van der Waals surface area contributed by atoms with Gasteiger partial charge >= 0.3 is 19.7 Å². The first-order chi connectivity index (χ1) is 18.8. The highest BCUT2D eigenvalue weighted by molar-refractivity contribution is 7.46. The van der Waals surface area contributed by atoms with E-state index >= 15 is 0 Å². The molecule has 2 N–H and O–H groups in total. The van der Waals surface area contributed by atoms with Crippen molar-refractivity contribution in [2.24, 2.45) is 4.99 Å². The molecule has 2 aromatic heterocycles. The van der Waals surface area contributed by atoms with Gasteiger partial charge in [-0.1, -0.05) is 19.1 Å². The summed E-state index contributed by atoms with van der Waals surface area (Å²) in [5.41, 5.74) is -0.624. The average molecular weight is 585 g/mol. The quantitative estimate of drug-likeness (QED) is 0.198. The molecule has 4 rings (SSSR count). The number of ether oxygens (including phenoxy) is 1. The lowest BCUT2D eigenvalue weighted by atomic mass is 9.95. The number of benzene rings is 1. The zero-order valence-corrected chi connectivity index (χ0v) is 22.4. The molecule has 16 heteroatoms. The van der Waals surface area contributed by atoms with Gasteiger partial charge in [0.05, 0.1) is 42.1 Å². The Hall–Kier alpha value is -3.36. The SMILES string of the molecule is CCCn1c(=O)c2c(n(CC)c1=O)N=C(c1cnn(Cc3cccc(C(F)(F)F)c3)c1)C2COCOP(=O)(O)O. The number of hydrogen-bond acceptors (Lipinski definition) is 7. The molecule has 0 radical (unpaired) electrons. The molecular formula is C24H27F3N5O7P. The van der Waals surface area contributed by atoms with E-state index in [9.17, 15) is 27.3 Å². The molecule has 1 unspecified atom stereocenters. The van der Waals surface area contributed by atoms with Crippen molar-refractivity contribution in [3.8, 4) is 0 Å². The first kappa shape index (κ1) is 29.6. The summed E-state index contributed by atoms with van der Waals surface area (Å²) in [7, 11) is -4.81. The number of hydrogen-bond donors (Lipinski definition) is 2. The normalized spacial score (nSPS) is 15.4. The van der Waals surface area contributed by atoms with Gasteiger partial charge in [0.2, 0.25) is 0 Å². The van der Waals surface area contributed by atoms with Crippen molar-refractivity contribution < 1.29 is 36.8 Å². The summed E-state index contributed by atoms with van der Waals surface area (Å²) < 4.78 is 64.0. The van der Waals surface area contributed by atoms with Crippen molar-refractivity contribution >= 4 is 19.4 Å². The van der Waals surface area contributed by atoms with Crippen LogP contribution in [-0.2, 0) is 39.6 Å². The minimum absolute atomic E-state index is 0.0183. The van der Waals surface area contributed by atoms with Gasteiger partial charge in [0.25, 0.3) is 5.56 Å². The van der Waals surface area contributed by atoms with E-state index in [1.807, 2.05) is 6.92 Å². The van der Waals surface area contributed by atoms with Gasteiger partial charge < -0.3 is 14.5 Å². The van der Waals surface area contributed by atoms with Gasteiger partial charge in [0, 0.05) is 24.8 Å². The number of alkyl halides is 3. The van der Waals surface area contributed by atoms with E-state index in [4.69, 9.17) is 14.5 Å². The van der Waals surface area contributed by atoms with E-state index in [1.54, 1.807) is 13.1 Å². The number of fused-ring (bicyclic) bond motifs is 1. The molecule has 1 aliphatic rings. The van der Waals surface area contributed by atoms with Gasteiger partial charge in [0.15, 0.2) is 6.79 Å². The number of rotatable bonds is 11. The predicted molar refractivity (Wildman–Crippen MR) is 137 cm³/mol. The molecule has 1 aliphatic heterocycles. The van der Waals surface area contributed by atoms with E-state index in [0.29, 0.717) is 23.3 Å². The highest BCUT2D eigenvalue weighted by Crippen LogP contribution is 2.37. The first-order valence-electron chi connectivity index (χ1n) is 12.3. The van der Waals surface area contributed by atoms with E-state index in [-0.39, 0.29) is 37.6 Å². The fourth-order valence-electron chi connectivity index (χ4n) is 4.48. The van der Waals surface area contributed by atoms with Crippen LogP contribution in [0.15, 0.2) is 51.2 Å². The largest absolute Gasteiger partial charge is 0.471 e. The van der Waals surface area contributed by atoms with Crippen LogP contribution in [0, 0.1) is 0 Å². The summed E-state index contributed by atoms with van der Waals surface area (Å²) in [6.07, 6.45) is -1.00. The number of phosphoric ester groups is 1. The third-order valence-electron chi connectivity index (χ3n) is 6.22. The van der Waals surface area contributed by atoms with Crippen LogP contribution in [0.4, 0.5) is 19.0 Å². The molecular weight excluding hydrogens is 558 g/mol. The second kappa shape index (κ2) is 11.6. The van der Waals surface area contributed by atoms with Gasteiger partial charge in [-0.25, -0.2) is 14.4 Å². The highest BCUT2D eigenvalue weighted by atomic mass is 31.2. The van der Waals surface area contributed by atoms with Crippen molar-refractivity contribution in [3.63, 3.8) is 0 Å². The Morgan fingerprint density at radius 1 is 1.15 bits per heavy atom. The maximum absolute atomic E-state index is 13.4. The summed E-state index contributed by atoms with van der Waals surface area (Å²) in [6, 6.07) is 4.84. The Morgan fingerprint density at radius 3 is 2.55 bits per heavy atom. The number of aromatic nitrogens is 4. The number of halogens is 3. The van der Waals surface area contributed by atoms with Crippen LogP contribution in [0.2, 0.25) is 0 Å². The van der Waals surface area contributed by atoms with Crippen LogP contribution < -0.4 is 11.2 Å². The lowest BCUT2D eigenvalue weighted by Crippen LogP contribution is -2.42. The van der Waals surface area contributed by atoms with Crippen LogP contribution >= 0.6 is 7.82 Å². The van der Waals surface area contributed by atoms with Crippen molar-refractivity contribution in [1.82, 2.24) is 18.9 Å².